The molecular weight excluding hydrogens is 439 g/mol. The van der Waals surface area contributed by atoms with Crippen molar-refractivity contribution >= 4 is 23.2 Å². The Balaban J connectivity index is 1.31. The van der Waals surface area contributed by atoms with Crippen LogP contribution in [0, 0.1) is 0 Å². The van der Waals surface area contributed by atoms with Gasteiger partial charge in [0.05, 0.1) is 6.16 Å². The highest BCUT2D eigenvalue weighted by Gasteiger charge is 2.44. The summed E-state index contributed by atoms with van der Waals surface area (Å²) in [6.45, 7) is 0. The zero-order valence-electron chi connectivity index (χ0n) is 21.1. The summed E-state index contributed by atoms with van der Waals surface area (Å²) in [4.78, 5) is 0. The van der Waals surface area contributed by atoms with Crippen molar-refractivity contribution in [2.45, 2.75) is 57.8 Å². The van der Waals surface area contributed by atoms with Gasteiger partial charge in [-0.2, -0.15) is 0 Å². The normalized spacial score (nSPS) is 11.4. The largest absolute Gasteiger partial charge is 0.112 e. The molecule has 0 radical (unpaired) electrons. The van der Waals surface area contributed by atoms with Crippen LogP contribution in [0.2, 0.25) is 0 Å². The van der Waals surface area contributed by atoms with Crippen LogP contribution in [0.15, 0.2) is 121 Å². The van der Waals surface area contributed by atoms with Crippen LogP contribution < -0.4 is 15.9 Å². The molecule has 0 spiro atoms. The Labute approximate surface area is 213 Å². The molecule has 0 fully saturated rings. The summed E-state index contributed by atoms with van der Waals surface area (Å²) in [6.07, 6.45) is 13.3. The van der Waals surface area contributed by atoms with Crippen LogP contribution in [0.4, 0.5) is 0 Å². The third kappa shape index (κ3) is 7.16. The predicted octanol–water partition coefficient (Wildman–Crippen LogP) is 8.34. The molecule has 1 heteroatoms. The second kappa shape index (κ2) is 14.0. The standard InChI is InChI=1S/C34H40P/c1(3-5-11-21-31-22-12-7-13-23-31)2-4-6-20-30-35(32-24-14-8-15-25-32,33-26-16-9-17-27-33)34-28-18-10-19-29-34/h7-10,12-19,22-29H,1-6,11,20-21,30H2/q+1. The van der Waals surface area contributed by atoms with Gasteiger partial charge in [0.1, 0.15) is 23.2 Å². The number of rotatable bonds is 14. The summed E-state index contributed by atoms with van der Waals surface area (Å²) in [6, 6.07) is 44.8. The van der Waals surface area contributed by atoms with E-state index in [2.05, 4.69) is 121 Å². The number of hydrogen-bond donors (Lipinski definition) is 0. The van der Waals surface area contributed by atoms with Crippen molar-refractivity contribution < 1.29 is 0 Å². The molecule has 4 rings (SSSR count). The average molecular weight is 480 g/mol. The highest BCUT2D eigenvalue weighted by atomic mass is 31.2. The Hall–Kier alpha value is -2.69. The first-order chi connectivity index (χ1) is 17.4. The highest BCUT2D eigenvalue weighted by molar-refractivity contribution is 7.95. The van der Waals surface area contributed by atoms with Crippen LogP contribution in [0.3, 0.4) is 0 Å². The van der Waals surface area contributed by atoms with Crippen molar-refractivity contribution in [3.8, 4) is 0 Å². The van der Waals surface area contributed by atoms with Gasteiger partial charge in [0.25, 0.3) is 0 Å². The quantitative estimate of drug-likeness (QED) is 0.126. The molecule has 4 aromatic carbocycles. The van der Waals surface area contributed by atoms with Crippen LogP contribution in [0.5, 0.6) is 0 Å². The fourth-order valence-electron chi connectivity index (χ4n) is 5.27. The van der Waals surface area contributed by atoms with Gasteiger partial charge in [-0.05, 0) is 67.6 Å². The fourth-order valence-corrected chi connectivity index (χ4v) is 9.68. The molecule has 0 atom stereocenters. The van der Waals surface area contributed by atoms with Crippen LogP contribution >= 0.6 is 7.26 Å². The van der Waals surface area contributed by atoms with Crippen molar-refractivity contribution in [2.75, 3.05) is 6.16 Å². The molecule has 0 heterocycles. The first kappa shape index (κ1) is 25.4. The molecule has 0 aliphatic carbocycles. The van der Waals surface area contributed by atoms with E-state index >= 15 is 0 Å². The summed E-state index contributed by atoms with van der Waals surface area (Å²) in [5, 5.41) is 4.53. The maximum Gasteiger partial charge on any atom is 0.112 e. The van der Waals surface area contributed by atoms with E-state index in [-0.39, 0.29) is 0 Å². The SMILES string of the molecule is c1ccc(CCCCCCCCCC[P+](c2ccccc2)(c2ccccc2)c2ccccc2)cc1. The van der Waals surface area contributed by atoms with Crippen molar-refractivity contribution in [2.24, 2.45) is 0 Å². The van der Waals surface area contributed by atoms with Crippen LogP contribution in [0.25, 0.3) is 0 Å². The Bertz CT molecular complexity index is 978. The van der Waals surface area contributed by atoms with Crippen molar-refractivity contribution in [1.29, 1.82) is 0 Å². The smallest absolute Gasteiger partial charge is 0.0622 e. The van der Waals surface area contributed by atoms with Crippen LogP contribution in [-0.4, -0.2) is 6.16 Å². The van der Waals surface area contributed by atoms with Gasteiger partial charge >= 0.3 is 0 Å². The van der Waals surface area contributed by atoms with Gasteiger partial charge in [-0.25, -0.2) is 0 Å². The molecule has 0 amide bonds. The summed E-state index contributed by atoms with van der Waals surface area (Å²) in [5.74, 6) is 0. The topological polar surface area (TPSA) is 0 Å². The lowest BCUT2D eigenvalue weighted by molar-refractivity contribution is 0.576. The van der Waals surface area contributed by atoms with E-state index in [1.165, 1.54) is 85.4 Å². The number of unbranched alkanes of at least 4 members (excludes halogenated alkanes) is 7. The molecule has 0 saturated carbocycles. The lowest BCUT2D eigenvalue weighted by atomic mass is 10.0. The molecule has 180 valence electrons. The number of aryl methyl sites for hydroxylation is 1. The fraction of sp³-hybridized carbons (Fsp3) is 0.294. The van der Waals surface area contributed by atoms with E-state index in [1.54, 1.807) is 0 Å². The second-order valence-electron chi connectivity index (χ2n) is 9.60. The van der Waals surface area contributed by atoms with Gasteiger partial charge in [0.2, 0.25) is 0 Å². The first-order valence-corrected chi connectivity index (χ1v) is 15.5. The van der Waals surface area contributed by atoms with E-state index < -0.39 is 7.26 Å². The number of benzene rings is 4. The predicted molar refractivity (Wildman–Crippen MR) is 157 cm³/mol. The molecule has 0 nitrogen and oxygen atoms in total. The zero-order valence-corrected chi connectivity index (χ0v) is 22.0. The third-order valence-corrected chi connectivity index (χ3v) is 11.7. The van der Waals surface area contributed by atoms with Gasteiger partial charge in [-0.15, -0.1) is 0 Å². The van der Waals surface area contributed by atoms with E-state index in [4.69, 9.17) is 0 Å². The lowest BCUT2D eigenvalue weighted by Crippen LogP contribution is -2.33. The summed E-state index contributed by atoms with van der Waals surface area (Å²) < 4.78 is 0. The van der Waals surface area contributed by atoms with Gasteiger partial charge in [-0.3, -0.25) is 0 Å². The summed E-state index contributed by atoms with van der Waals surface area (Å²) >= 11 is 0. The molecule has 0 saturated heterocycles. The monoisotopic (exact) mass is 479 g/mol. The number of hydrogen-bond acceptors (Lipinski definition) is 0. The van der Waals surface area contributed by atoms with Crippen molar-refractivity contribution in [3.05, 3.63) is 127 Å². The summed E-state index contributed by atoms with van der Waals surface area (Å²) in [7, 11) is -1.65. The molecule has 4 aromatic rings. The van der Waals surface area contributed by atoms with E-state index in [0.29, 0.717) is 0 Å². The van der Waals surface area contributed by atoms with Gasteiger partial charge in [0.15, 0.2) is 0 Å². The molecule has 0 aliphatic rings. The minimum atomic E-state index is -1.65. The lowest BCUT2D eigenvalue weighted by Gasteiger charge is -2.27. The first-order valence-electron chi connectivity index (χ1n) is 13.5. The van der Waals surface area contributed by atoms with Gasteiger partial charge in [-0.1, -0.05) is 117 Å². The van der Waals surface area contributed by atoms with E-state index in [1.807, 2.05) is 0 Å². The van der Waals surface area contributed by atoms with Crippen LogP contribution in [0.1, 0.15) is 56.9 Å². The second-order valence-corrected chi connectivity index (χ2v) is 13.2. The molecule has 0 aromatic heterocycles. The van der Waals surface area contributed by atoms with E-state index in [0.717, 1.165) is 0 Å². The van der Waals surface area contributed by atoms with Crippen LogP contribution in [-0.2, 0) is 6.42 Å². The third-order valence-electron chi connectivity index (χ3n) is 7.14. The molecular formula is C34H40P+. The Kier molecular flexibility index (Phi) is 10.2. The maximum atomic E-state index is 2.36. The minimum absolute atomic E-state index is 1.23. The molecule has 0 bridgehead atoms. The maximum absolute atomic E-state index is 2.36. The Morgan fingerprint density at radius 1 is 0.343 bits per heavy atom. The zero-order chi connectivity index (χ0) is 24.0. The van der Waals surface area contributed by atoms with Crippen molar-refractivity contribution in [3.63, 3.8) is 0 Å². The Morgan fingerprint density at radius 2 is 0.686 bits per heavy atom. The molecule has 35 heavy (non-hydrogen) atoms. The molecule has 0 N–H and O–H groups in total. The summed E-state index contributed by atoms with van der Waals surface area (Å²) in [5.41, 5.74) is 1.48. The van der Waals surface area contributed by atoms with Crippen molar-refractivity contribution in [1.82, 2.24) is 0 Å². The Morgan fingerprint density at radius 3 is 1.11 bits per heavy atom. The van der Waals surface area contributed by atoms with Gasteiger partial charge < -0.3 is 0 Å². The minimum Gasteiger partial charge on any atom is -0.0622 e. The van der Waals surface area contributed by atoms with E-state index in [9.17, 15) is 0 Å². The molecule has 0 unspecified atom stereocenters. The highest BCUT2D eigenvalue weighted by Crippen LogP contribution is 2.55. The average Bonchev–Trinajstić information content (AvgIpc) is 2.94. The molecule has 0 aliphatic heterocycles. The van der Waals surface area contributed by atoms with Gasteiger partial charge in [0, 0.05) is 0 Å².